The average molecular weight is 262 g/mol. The largest absolute Gasteiger partial charge is 0.481 e. The van der Waals surface area contributed by atoms with Crippen molar-refractivity contribution in [3.8, 4) is 0 Å². The normalized spacial score (nSPS) is 19.1. The smallest absolute Gasteiger partial charge is 0.314 e. The van der Waals surface area contributed by atoms with E-state index < -0.39 is 17.0 Å². The SMILES string of the molecule is CC(C)(O)c1ccccc1C1(C(=O)O)CCCCC1. The summed E-state index contributed by atoms with van der Waals surface area (Å²) in [5, 5.41) is 20.1. The Morgan fingerprint density at radius 2 is 1.74 bits per heavy atom. The van der Waals surface area contributed by atoms with Gasteiger partial charge in [-0.25, -0.2) is 0 Å². The molecule has 0 bridgehead atoms. The van der Waals surface area contributed by atoms with Gasteiger partial charge >= 0.3 is 5.97 Å². The van der Waals surface area contributed by atoms with Crippen LogP contribution in [0.5, 0.6) is 0 Å². The van der Waals surface area contributed by atoms with Crippen LogP contribution in [-0.4, -0.2) is 16.2 Å². The maximum absolute atomic E-state index is 11.9. The van der Waals surface area contributed by atoms with E-state index >= 15 is 0 Å². The van der Waals surface area contributed by atoms with Gasteiger partial charge < -0.3 is 10.2 Å². The van der Waals surface area contributed by atoms with Crippen molar-refractivity contribution in [3.05, 3.63) is 35.4 Å². The monoisotopic (exact) mass is 262 g/mol. The molecular weight excluding hydrogens is 240 g/mol. The van der Waals surface area contributed by atoms with E-state index in [-0.39, 0.29) is 0 Å². The third-order valence-corrected chi connectivity index (χ3v) is 4.22. The number of rotatable bonds is 3. The molecule has 1 aromatic carbocycles. The van der Waals surface area contributed by atoms with E-state index in [4.69, 9.17) is 0 Å². The standard InChI is InChI=1S/C16H22O3/c1-15(2,19)12-8-4-5-9-13(12)16(14(17)18)10-6-3-7-11-16/h4-5,8-9,19H,3,6-7,10-11H2,1-2H3,(H,17,18). The molecule has 1 fully saturated rings. The van der Waals surface area contributed by atoms with Crippen LogP contribution in [0.2, 0.25) is 0 Å². The highest BCUT2D eigenvalue weighted by Gasteiger charge is 2.43. The first-order chi connectivity index (χ1) is 8.88. The van der Waals surface area contributed by atoms with Gasteiger partial charge in [0.2, 0.25) is 0 Å². The number of aliphatic carboxylic acids is 1. The summed E-state index contributed by atoms with van der Waals surface area (Å²) in [5.41, 5.74) is -0.320. The Hall–Kier alpha value is -1.35. The van der Waals surface area contributed by atoms with Crippen LogP contribution in [0.1, 0.15) is 57.1 Å². The van der Waals surface area contributed by atoms with Crippen molar-refractivity contribution in [2.75, 3.05) is 0 Å². The second-order valence-electron chi connectivity index (χ2n) is 6.05. The van der Waals surface area contributed by atoms with Gasteiger partial charge in [0.1, 0.15) is 0 Å². The summed E-state index contributed by atoms with van der Waals surface area (Å²) >= 11 is 0. The third-order valence-electron chi connectivity index (χ3n) is 4.22. The minimum atomic E-state index is -1.02. The molecule has 2 N–H and O–H groups in total. The highest BCUT2D eigenvalue weighted by atomic mass is 16.4. The number of carboxylic acids is 1. The summed E-state index contributed by atoms with van der Waals surface area (Å²) in [7, 11) is 0. The first kappa shape index (κ1) is 14.1. The average Bonchev–Trinajstić information content (AvgIpc) is 2.38. The molecule has 1 saturated carbocycles. The molecule has 0 aliphatic heterocycles. The first-order valence-corrected chi connectivity index (χ1v) is 6.94. The lowest BCUT2D eigenvalue weighted by Crippen LogP contribution is -2.40. The van der Waals surface area contributed by atoms with Crippen molar-refractivity contribution in [1.82, 2.24) is 0 Å². The van der Waals surface area contributed by atoms with Gasteiger partial charge in [0.15, 0.2) is 0 Å². The highest BCUT2D eigenvalue weighted by molar-refractivity contribution is 5.82. The van der Waals surface area contributed by atoms with Crippen molar-refractivity contribution in [2.24, 2.45) is 0 Å². The van der Waals surface area contributed by atoms with Gasteiger partial charge in [0.05, 0.1) is 11.0 Å². The lowest BCUT2D eigenvalue weighted by atomic mass is 9.67. The van der Waals surface area contributed by atoms with E-state index in [9.17, 15) is 15.0 Å². The Bertz CT molecular complexity index is 465. The lowest BCUT2D eigenvalue weighted by Gasteiger charge is -2.37. The number of hydrogen-bond acceptors (Lipinski definition) is 2. The van der Waals surface area contributed by atoms with Crippen molar-refractivity contribution in [2.45, 2.75) is 57.0 Å². The second-order valence-corrected chi connectivity index (χ2v) is 6.05. The van der Waals surface area contributed by atoms with Crippen molar-refractivity contribution in [1.29, 1.82) is 0 Å². The van der Waals surface area contributed by atoms with Crippen molar-refractivity contribution >= 4 is 5.97 Å². The molecule has 0 saturated heterocycles. The van der Waals surface area contributed by atoms with Crippen LogP contribution < -0.4 is 0 Å². The molecule has 0 aromatic heterocycles. The van der Waals surface area contributed by atoms with Crippen LogP contribution in [0.15, 0.2) is 24.3 Å². The number of benzene rings is 1. The van der Waals surface area contributed by atoms with Gasteiger partial charge in [-0.05, 0) is 37.8 Å². The fraction of sp³-hybridized carbons (Fsp3) is 0.562. The predicted molar refractivity (Wildman–Crippen MR) is 74.1 cm³/mol. The summed E-state index contributed by atoms with van der Waals surface area (Å²) in [6.07, 6.45) is 4.30. The van der Waals surface area contributed by atoms with E-state index in [0.717, 1.165) is 30.4 Å². The van der Waals surface area contributed by atoms with E-state index in [1.807, 2.05) is 24.3 Å². The fourth-order valence-electron chi connectivity index (χ4n) is 3.19. The first-order valence-electron chi connectivity index (χ1n) is 6.94. The summed E-state index contributed by atoms with van der Waals surface area (Å²) in [6.45, 7) is 3.43. The Morgan fingerprint density at radius 3 is 2.26 bits per heavy atom. The Morgan fingerprint density at radius 1 is 1.16 bits per heavy atom. The van der Waals surface area contributed by atoms with Crippen LogP contribution in [0.3, 0.4) is 0 Å². The van der Waals surface area contributed by atoms with Gasteiger partial charge in [-0.15, -0.1) is 0 Å². The zero-order chi connectivity index (χ0) is 14.1. The van der Waals surface area contributed by atoms with Crippen LogP contribution in [-0.2, 0) is 15.8 Å². The Balaban J connectivity index is 2.58. The number of hydrogen-bond donors (Lipinski definition) is 2. The van der Waals surface area contributed by atoms with E-state index in [0.29, 0.717) is 12.8 Å². The zero-order valence-corrected chi connectivity index (χ0v) is 11.6. The summed E-state index contributed by atoms with van der Waals surface area (Å²) < 4.78 is 0. The summed E-state index contributed by atoms with van der Waals surface area (Å²) in [4.78, 5) is 11.9. The van der Waals surface area contributed by atoms with Crippen LogP contribution in [0.25, 0.3) is 0 Å². The van der Waals surface area contributed by atoms with Gasteiger partial charge in [-0.3, -0.25) is 4.79 Å². The van der Waals surface area contributed by atoms with Gasteiger partial charge in [0.25, 0.3) is 0 Å². The molecule has 0 spiro atoms. The third kappa shape index (κ3) is 2.52. The van der Waals surface area contributed by atoms with E-state index in [1.165, 1.54) is 0 Å². The predicted octanol–water partition coefficient (Wildman–Crippen LogP) is 3.20. The Kier molecular flexibility index (Phi) is 3.68. The van der Waals surface area contributed by atoms with Gasteiger partial charge in [-0.2, -0.15) is 0 Å². The van der Waals surface area contributed by atoms with Gasteiger partial charge in [0, 0.05) is 0 Å². The molecule has 3 heteroatoms. The van der Waals surface area contributed by atoms with Gasteiger partial charge in [-0.1, -0.05) is 43.5 Å². The fourth-order valence-corrected chi connectivity index (χ4v) is 3.19. The molecule has 1 aliphatic rings. The second kappa shape index (κ2) is 4.97. The molecule has 19 heavy (non-hydrogen) atoms. The molecule has 3 nitrogen and oxygen atoms in total. The number of aliphatic hydroxyl groups is 1. The molecule has 0 heterocycles. The Labute approximate surface area is 114 Å². The molecule has 0 atom stereocenters. The molecule has 104 valence electrons. The quantitative estimate of drug-likeness (QED) is 0.879. The van der Waals surface area contributed by atoms with Crippen molar-refractivity contribution < 1.29 is 15.0 Å². The molecule has 0 radical (unpaired) electrons. The molecular formula is C16H22O3. The summed E-state index contributed by atoms with van der Waals surface area (Å²) in [5.74, 6) is -0.760. The maximum atomic E-state index is 11.9. The number of carbonyl (C=O) groups is 1. The molecule has 1 aromatic rings. The number of carboxylic acid groups (broad SMARTS) is 1. The van der Waals surface area contributed by atoms with Crippen molar-refractivity contribution in [3.63, 3.8) is 0 Å². The van der Waals surface area contributed by atoms with E-state index in [2.05, 4.69) is 0 Å². The summed E-state index contributed by atoms with van der Waals surface area (Å²) in [6, 6.07) is 7.43. The minimum Gasteiger partial charge on any atom is -0.481 e. The van der Waals surface area contributed by atoms with Crippen LogP contribution >= 0.6 is 0 Å². The lowest BCUT2D eigenvalue weighted by molar-refractivity contribution is -0.145. The molecule has 0 unspecified atom stereocenters. The molecule has 0 amide bonds. The van der Waals surface area contributed by atoms with Crippen LogP contribution in [0, 0.1) is 0 Å². The maximum Gasteiger partial charge on any atom is 0.314 e. The molecule has 1 aliphatic carbocycles. The zero-order valence-electron chi connectivity index (χ0n) is 11.6. The topological polar surface area (TPSA) is 57.5 Å². The van der Waals surface area contributed by atoms with E-state index in [1.54, 1.807) is 13.8 Å². The molecule has 2 rings (SSSR count). The highest BCUT2D eigenvalue weighted by Crippen LogP contribution is 2.43. The minimum absolute atomic E-state index is 0.662. The van der Waals surface area contributed by atoms with Crippen LogP contribution in [0.4, 0.5) is 0 Å².